The summed E-state index contributed by atoms with van der Waals surface area (Å²) in [6.45, 7) is 14.6. The summed E-state index contributed by atoms with van der Waals surface area (Å²) in [6.07, 6.45) is 12.8. The van der Waals surface area contributed by atoms with E-state index in [0.29, 0.717) is 17.8 Å². The maximum absolute atomic E-state index is 12.7. The Labute approximate surface area is 195 Å². The standard InChI is InChI=1S/C29H46O3/c1-18-19-9-12-28(6)23(26(19,4)11-10-22(18)30)8-7-20-21-17-25(2,3)13-15-29(21,24(31)32)16-14-27(20,28)5/h7,18-19,21-23,30H,8-17H2,1-6H3,(H,31,32)/t18-,19?,21?,22+,23?,26?,27-,28?,29+/m1/s1. The molecule has 0 bridgehead atoms. The van der Waals surface area contributed by atoms with Crippen LogP contribution in [0.4, 0.5) is 0 Å². The molecule has 32 heavy (non-hydrogen) atoms. The summed E-state index contributed by atoms with van der Waals surface area (Å²) in [4.78, 5) is 12.7. The van der Waals surface area contributed by atoms with Crippen molar-refractivity contribution >= 4 is 5.97 Å². The van der Waals surface area contributed by atoms with Gasteiger partial charge >= 0.3 is 5.97 Å². The molecule has 5 aliphatic carbocycles. The molecule has 0 aliphatic heterocycles. The van der Waals surface area contributed by atoms with E-state index in [-0.39, 0.29) is 33.7 Å². The van der Waals surface area contributed by atoms with Crippen molar-refractivity contribution in [1.82, 2.24) is 0 Å². The van der Waals surface area contributed by atoms with Gasteiger partial charge in [-0.25, -0.2) is 0 Å². The minimum Gasteiger partial charge on any atom is -0.481 e. The monoisotopic (exact) mass is 442 g/mol. The zero-order valence-electron chi connectivity index (χ0n) is 21.3. The smallest absolute Gasteiger partial charge is 0.310 e. The van der Waals surface area contributed by atoms with Gasteiger partial charge in [0.1, 0.15) is 0 Å². The quantitative estimate of drug-likeness (QED) is 0.437. The highest BCUT2D eigenvalue weighted by Gasteiger charge is 2.68. The average Bonchev–Trinajstić information content (AvgIpc) is 2.71. The molecule has 0 aromatic rings. The molecule has 5 unspecified atom stereocenters. The van der Waals surface area contributed by atoms with Gasteiger partial charge in [-0.05, 0) is 110 Å². The van der Waals surface area contributed by atoms with Crippen molar-refractivity contribution < 1.29 is 15.0 Å². The van der Waals surface area contributed by atoms with Crippen molar-refractivity contribution in [1.29, 1.82) is 0 Å². The maximum atomic E-state index is 12.7. The van der Waals surface area contributed by atoms with Crippen LogP contribution in [0.1, 0.15) is 106 Å². The molecule has 0 amide bonds. The molecular weight excluding hydrogens is 396 g/mol. The molecule has 5 aliphatic rings. The van der Waals surface area contributed by atoms with Crippen LogP contribution in [0.5, 0.6) is 0 Å². The summed E-state index contributed by atoms with van der Waals surface area (Å²) in [5, 5.41) is 21.1. The molecule has 0 heterocycles. The number of aliphatic carboxylic acids is 1. The Hall–Kier alpha value is -0.830. The van der Waals surface area contributed by atoms with Gasteiger partial charge in [0.25, 0.3) is 0 Å². The van der Waals surface area contributed by atoms with Crippen molar-refractivity contribution in [2.24, 2.45) is 50.7 Å². The van der Waals surface area contributed by atoms with E-state index in [4.69, 9.17) is 0 Å². The van der Waals surface area contributed by atoms with Crippen molar-refractivity contribution in [3.05, 3.63) is 11.6 Å². The number of allylic oxidation sites excluding steroid dienone is 2. The molecule has 5 rings (SSSR count). The highest BCUT2D eigenvalue weighted by molar-refractivity contribution is 5.76. The molecule has 0 saturated heterocycles. The van der Waals surface area contributed by atoms with Crippen LogP contribution in [0.25, 0.3) is 0 Å². The third-order valence-electron chi connectivity index (χ3n) is 12.6. The van der Waals surface area contributed by atoms with E-state index in [1.54, 1.807) is 0 Å². The van der Waals surface area contributed by atoms with Crippen molar-refractivity contribution in [2.75, 3.05) is 0 Å². The Morgan fingerprint density at radius 1 is 0.969 bits per heavy atom. The lowest BCUT2D eigenvalue weighted by Crippen LogP contribution is -2.63. The van der Waals surface area contributed by atoms with Crippen molar-refractivity contribution in [2.45, 2.75) is 112 Å². The summed E-state index contributed by atoms with van der Waals surface area (Å²) in [5.74, 6) is 1.28. The van der Waals surface area contributed by atoms with E-state index in [1.807, 2.05) is 0 Å². The van der Waals surface area contributed by atoms with Gasteiger partial charge in [0, 0.05) is 0 Å². The van der Waals surface area contributed by atoms with Gasteiger partial charge in [-0.3, -0.25) is 4.79 Å². The lowest BCUT2D eigenvalue weighted by Gasteiger charge is -2.70. The van der Waals surface area contributed by atoms with Gasteiger partial charge in [-0.1, -0.05) is 53.2 Å². The third-order valence-corrected chi connectivity index (χ3v) is 12.6. The first kappa shape index (κ1) is 22.9. The Bertz CT molecular complexity index is 843. The van der Waals surface area contributed by atoms with Crippen LogP contribution in [0.3, 0.4) is 0 Å². The van der Waals surface area contributed by atoms with Crippen molar-refractivity contribution in [3.63, 3.8) is 0 Å². The topological polar surface area (TPSA) is 57.5 Å². The first-order valence-corrected chi connectivity index (χ1v) is 13.4. The molecule has 0 spiro atoms. The van der Waals surface area contributed by atoms with Crippen LogP contribution >= 0.6 is 0 Å². The number of aliphatic hydroxyl groups excluding tert-OH is 1. The molecule has 0 aromatic heterocycles. The number of rotatable bonds is 1. The van der Waals surface area contributed by atoms with E-state index in [0.717, 1.165) is 51.4 Å². The molecule has 9 atom stereocenters. The number of hydrogen-bond donors (Lipinski definition) is 2. The van der Waals surface area contributed by atoms with Gasteiger partial charge < -0.3 is 10.2 Å². The highest BCUT2D eigenvalue weighted by Crippen LogP contribution is 2.74. The van der Waals surface area contributed by atoms with E-state index in [9.17, 15) is 15.0 Å². The summed E-state index contributed by atoms with van der Waals surface area (Å²) in [6, 6.07) is 0. The fraction of sp³-hybridized carbons (Fsp3) is 0.897. The molecule has 2 N–H and O–H groups in total. The Morgan fingerprint density at radius 2 is 1.66 bits per heavy atom. The summed E-state index contributed by atoms with van der Waals surface area (Å²) in [7, 11) is 0. The van der Waals surface area contributed by atoms with E-state index in [2.05, 4.69) is 47.6 Å². The maximum Gasteiger partial charge on any atom is 0.310 e. The number of carboxylic acids is 1. The van der Waals surface area contributed by atoms with Crippen LogP contribution < -0.4 is 0 Å². The second-order valence-electron chi connectivity index (χ2n) is 14.2. The summed E-state index contributed by atoms with van der Waals surface area (Å²) >= 11 is 0. The first-order valence-electron chi connectivity index (χ1n) is 13.4. The van der Waals surface area contributed by atoms with Gasteiger partial charge in [0.05, 0.1) is 11.5 Å². The minimum absolute atomic E-state index is 0.0975. The van der Waals surface area contributed by atoms with Gasteiger partial charge in [0.2, 0.25) is 0 Å². The second kappa shape index (κ2) is 6.86. The average molecular weight is 443 g/mol. The molecule has 3 heteroatoms. The predicted octanol–water partition coefficient (Wildman–Crippen LogP) is 6.84. The Morgan fingerprint density at radius 3 is 2.34 bits per heavy atom. The molecule has 0 aromatic carbocycles. The SMILES string of the molecule is C[C@@H]1C2CCC3(C)C(CC=C4C5CC(C)(C)CC[C@]5(C(=O)O)CC[C@]43C)C2(C)CC[C@@H]1O. The van der Waals surface area contributed by atoms with E-state index >= 15 is 0 Å². The predicted molar refractivity (Wildman–Crippen MR) is 128 cm³/mol. The molecule has 3 nitrogen and oxygen atoms in total. The first-order chi connectivity index (χ1) is 14.8. The minimum atomic E-state index is -0.547. The highest BCUT2D eigenvalue weighted by atomic mass is 16.4. The zero-order chi connectivity index (χ0) is 23.3. The van der Waals surface area contributed by atoms with Crippen LogP contribution in [-0.4, -0.2) is 22.3 Å². The lowest BCUT2D eigenvalue weighted by molar-refractivity contribution is -0.187. The van der Waals surface area contributed by atoms with Crippen LogP contribution in [-0.2, 0) is 4.79 Å². The van der Waals surface area contributed by atoms with Crippen molar-refractivity contribution in [3.8, 4) is 0 Å². The summed E-state index contributed by atoms with van der Waals surface area (Å²) < 4.78 is 0. The molecule has 0 radical (unpaired) electrons. The number of fused-ring (bicyclic) bond motifs is 7. The van der Waals surface area contributed by atoms with Crippen LogP contribution in [0, 0.1) is 50.7 Å². The molecule has 4 fully saturated rings. The zero-order valence-corrected chi connectivity index (χ0v) is 21.3. The number of hydrogen-bond acceptors (Lipinski definition) is 2. The van der Waals surface area contributed by atoms with Crippen LogP contribution in [0.2, 0.25) is 0 Å². The number of aliphatic hydroxyl groups is 1. The normalized spacial score (nSPS) is 54.3. The Balaban J connectivity index is 1.59. The van der Waals surface area contributed by atoms with Crippen LogP contribution in [0.15, 0.2) is 11.6 Å². The second-order valence-corrected chi connectivity index (χ2v) is 14.2. The molecular formula is C29H46O3. The fourth-order valence-electron chi connectivity index (χ4n) is 10.2. The van der Waals surface area contributed by atoms with Gasteiger partial charge in [-0.15, -0.1) is 0 Å². The largest absolute Gasteiger partial charge is 0.481 e. The summed E-state index contributed by atoms with van der Waals surface area (Å²) in [5.41, 5.74) is 1.79. The molecule has 4 saturated carbocycles. The van der Waals surface area contributed by atoms with Gasteiger partial charge in [0.15, 0.2) is 0 Å². The molecule has 180 valence electrons. The lowest BCUT2D eigenvalue weighted by atomic mass is 9.34. The fourth-order valence-corrected chi connectivity index (χ4v) is 10.2. The number of carbonyl (C=O) groups is 1. The van der Waals surface area contributed by atoms with Gasteiger partial charge in [-0.2, -0.15) is 0 Å². The Kier molecular flexibility index (Phi) is 4.92. The van der Waals surface area contributed by atoms with E-state index in [1.165, 1.54) is 18.4 Å². The third kappa shape index (κ3) is 2.72. The van der Waals surface area contributed by atoms with E-state index < -0.39 is 11.4 Å². The number of carboxylic acid groups (broad SMARTS) is 1.